The number of pyridine rings is 1. The first kappa shape index (κ1) is 13.6. The van der Waals surface area contributed by atoms with Gasteiger partial charge >= 0.3 is 0 Å². The molecular formula is C18H26N2O. The zero-order valence-corrected chi connectivity index (χ0v) is 13.1. The normalized spacial score (nSPS) is 38.5. The van der Waals surface area contributed by atoms with Crippen molar-refractivity contribution in [1.29, 1.82) is 0 Å². The smallest absolute Gasteiger partial charge is 0.142 e. The van der Waals surface area contributed by atoms with Gasteiger partial charge in [-0.15, -0.1) is 0 Å². The van der Waals surface area contributed by atoms with Crippen LogP contribution in [0.4, 0.5) is 0 Å². The number of aromatic nitrogens is 1. The molecule has 5 rings (SSSR count). The van der Waals surface area contributed by atoms with Crippen LogP contribution in [0.2, 0.25) is 0 Å². The zero-order chi connectivity index (χ0) is 14.4. The van der Waals surface area contributed by atoms with Gasteiger partial charge in [-0.1, -0.05) is 0 Å². The highest BCUT2D eigenvalue weighted by atomic mass is 16.5. The highest BCUT2D eigenvalue weighted by Crippen LogP contribution is 2.64. The van der Waals surface area contributed by atoms with Crippen LogP contribution in [-0.4, -0.2) is 19.1 Å². The quantitative estimate of drug-likeness (QED) is 0.919. The molecule has 3 heteroatoms. The zero-order valence-electron chi connectivity index (χ0n) is 13.1. The number of rotatable bonds is 4. The first-order valence-corrected chi connectivity index (χ1v) is 8.40. The van der Waals surface area contributed by atoms with Crippen molar-refractivity contribution in [3.05, 3.63) is 24.0 Å². The van der Waals surface area contributed by atoms with E-state index >= 15 is 0 Å². The maximum absolute atomic E-state index is 5.59. The van der Waals surface area contributed by atoms with Gasteiger partial charge in [0.2, 0.25) is 0 Å². The molecule has 0 saturated heterocycles. The second-order valence-electron chi connectivity index (χ2n) is 7.59. The van der Waals surface area contributed by atoms with E-state index in [1.165, 1.54) is 38.5 Å². The number of ether oxygens (including phenoxy) is 1. The standard InChI is InChI=1S/C18H26N2O/c1-19-17(16-15(21-2)4-3-5-20-16)18-9-12-6-13(10-18)8-14(7-12)11-18/h3-5,12-14,17,19H,6-11H2,1-2H3. The van der Waals surface area contributed by atoms with Crippen LogP contribution in [0.5, 0.6) is 5.75 Å². The maximum Gasteiger partial charge on any atom is 0.142 e. The Balaban J connectivity index is 1.72. The van der Waals surface area contributed by atoms with Crippen molar-refractivity contribution in [3.63, 3.8) is 0 Å². The van der Waals surface area contributed by atoms with E-state index in [0.29, 0.717) is 11.5 Å². The van der Waals surface area contributed by atoms with Crippen LogP contribution in [0.1, 0.15) is 50.3 Å². The fourth-order valence-electron chi connectivity index (χ4n) is 6.06. The van der Waals surface area contributed by atoms with Crippen molar-refractivity contribution in [2.75, 3.05) is 14.2 Å². The summed E-state index contributed by atoms with van der Waals surface area (Å²) in [5.74, 6) is 3.82. The first-order valence-electron chi connectivity index (χ1n) is 8.40. The molecule has 4 aliphatic rings. The molecule has 1 heterocycles. The minimum Gasteiger partial charge on any atom is -0.495 e. The molecule has 0 amide bonds. The molecule has 4 saturated carbocycles. The number of nitrogens with one attached hydrogen (secondary N) is 1. The van der Waals surface area contributed by atoms with Gasteiger partial charge in [0, 0.05) is 6.20 Å². The van der Waals surface area contributed by atoms with Crippen molar-refractivity contribution in [2.24, 2.45) is 23.2 Å². The van der Waals surface area contributed by atoms with E-state index in [0.717, 1.165) is 29.2 Å². The summed E-state index contributed by atoms with van der Waals surface area (Å²) < 4.78 is 5.59. The van der Waals surface area contributed by atoms with Crippen molar-refractivity contribution in [3.8, 4) is 5.75 Å². The Morgan fingerprint density at radius 2 is 1.81 bits per heavy atom. The molecular weight excluding hydrogens is 260 g/mol. The van der Waals surface area contributed by atoms with E-state index in [9.17, 15) is 0 Å². The molecule has 21 heavy (non-hydrogen) atoms. The topological polar surface area (TPSA) is 34.2 Å². The Kier molecular flexibility index (Phi) is 3.21. The highest BCUT2D eigenvalue weighted by molar-refractivity contribution is 5.32. The lowest BCUT2D eigenvalue weighted by Crippen LogP contribution is -2.51. The molecule has 0 radical (unpaired) electrons. The summed E-state index contributed by atoms with van der Waals surface area (Å²) in [6.45, 7) is 0. The van der Waals surface area contributed by atoms with Gasteiger partial charge < -0.3 is 10.1 Å². The molecule has 114 valence electrons. The van der Waals surface area contributed by atoms with Crippen molar-refractivity contribution >= 4 is 0 Å². The summed E-state index contributed by atoms with van der Waals surface area (Å²) in [5, 5.41) is 3.61. The van der Waals surface area contributed by atoms with Crippen LogP contribution < -0.4 is 10.1 Å². The molecule has 4 aliphatic carbocycles. The molecule has 1 N–H and O–H groups in total. The Labute approximate surface area is 127 Å². The molecule has 1 aromatic rings. The molecule has 4 fully saturated rings. The Bertz CT molecular complexity index is 492. The monoisotopic (exact) mass is 286 g/mol. The number of hydrogen-bond donors (Lipinski definition) is 1. The Hall–Kier alpha value is -1.09. The van der Waals surface area contributed by atoms with E-state index in [1.807, 2.05) is 18.3 Å². The summed E-state index contributed by atoms with van der Waals surface area (Å²) >= 11 is 0. The molecule has 1 unspecified atom stereocenters. The molecule has 4 bridgehead atoms. The summed E-state index contributed by atoms with van der Waals surface area (Å²) in [5.41, 5.74) is 1.52. The average Bonchev–Trinajstić information content (AvgIpc) is 2.47. The van der Waals surface area contributed by atoms with Crippen LogP contribution in [0.15, 0.2) is 18.3 Å². The van der Waals surface area contributed by atoms with Gasteiger partial charge in [0.15, 0.2) is 0 Å². The first-order chi connectivity index (χ1) is 10.2. The van der Waals surface area contributed by atoms with Crippen LogP contribution in [-0.2, 0) is 0 Å². The lowest BCUT2D eigenvalue weighted by molar-refractivity contribution is -0.0746. The van der Waals surface area contributed by atoms with E-state index in [2.05, 4.69) is 12.4 Å². The summed E-state index contributed by atoms with van der Waals surface area (Å²) in [7, 11) is 3.85. The van der Waals surface area contributed by atoms with Gasteiger partial charge in [-0.2, -0.15) is 0 Å². The predicted molar refractivity (Wildman–Crippen MR) is 83.2 cm³/mol. The molecule has 0 aromatic carbocycles. The molecule has 0 aliphatic heterocycles. The second kappa shape index (κ2) is 4.98. The SMILES string of the molecule is CNC(c1ncccc1OC)C12CC3CC(CC(C3)C1)C2. The van der Waals surface area contributed by atoms with Crippen molar-refractivity contribution < 1.29 is 4.74 Å². The predicted octanol–water partition coefficient (Wildman–Crippen LogP) is 3.57. The average molecular weight is 286 g/mol. The van der Waals surface area contributed by atoms with Gasteiger partial charge in [0.25, 0.3) is 0 Å². The van der Waals surface area contributed by atoms with Gasteiger partial charge in [0.05, 0.1) is 18.8 Å². The van der Waals surface area contributed by atoms with Crippen molar-refractivity contribution in [1.82, 2.24) is 10.3 Å². The summed E-state index contributed by atoms with van der Waals surface area (Å²) in [6, 6.07) is 4.35. The number of methoxy groups -OCH3 is 1. The van der Waals surface area contributed by atoms with Crippen LogP contribution in [0.3, 0.4) is 0 Å². The van der Waals surface area contributed by atoms with Crippen LogP contribution >= 0.6 is 0 Å². The lowest BCUT2D eigenvalue weighted by Gasteiger charge is -2.59. The van der Waals surface area contributed by atoms with Crippen molar-refractivity contribution in [2.45, 2.75) is 44.6 Å². The largest absolute Gasteiger partial charge is 0.495 e. The second-order valence-corrected chi connectivity index (χ2v) is 7.59. The third kappa shape index (κ3) is 2.09. The Morgan fingerprint density at radius 1 is 1.19 bits per heavy atom. The van der Waals surface area contributed by atoms with E-state index < -0.39 is 0 Å². The van der Waals surface area contributed by atoms with Crippen LogP contribution in [0.25, 0.3) is 0 Å². The molecule has 3 nitrogen and oxygen atoms in total. The molecule has 1 aromatic heterocycles. The maximum atomic E-state index is 5.59. The fraction of sp³-hybridized carbons (Fsp3) is 0.722. The minimum absolute atomic E-state index is 0.335. The van der Waals surface area contributed by atoms with E-state index in [-0.39, 0.29) is 0 Å². The van der Waals surface area contributed by atoms with Crippen LogP contribution in [0, 0.1) is 23.2 Å². The lowest BCUT2D eigenvalue weighted by atomic mass is 9.47. The van der Waals surface area contributed by atoms with Gasteiger partial charge in [0.1, 0.15) is 5.75 Å². The van der Waals surface area contributed by atoms with E-state index in [4.69, 9.17) is 9.72 Å². The minimum atomic E-state index is 0.335. The van der Waals surface area contributed by atoms with E-state index in [1.54, 1.807) is 7.11 Å². The number of nitrogens with zero attached hydrogens (tertiary/aromatic N) is 1. The summed E-state index contributed by atoms with van der Waals surface area (Å²) in [4.78, 5) is 4.69. The van der Waals surface area contributed by atoms with Gasteiger partial charge in [-0.05, 0) is 80.9 Å². The third-order valence-electron chi connectivity index (χ3n) is 6.28. The number of hydrogen-bond acceptors (Lipinski definition) is 3. The van der Waals surface area contributed by atoms with Gasteiger partial charge in [-0.3, -0.25) is 4.98 Å². The fourth-order valence-corrected chi connectivity index (χ4v) is 6.06. The molecule has 0 spiro atoms. The summed E-state index contributed by atoms with van der Waals surface area (Å²) in [6.07, 6.45) is 10.5. The molecule has 1 atom stereocenters. The Morgan fingerprint density at radius 3 is 2.33 bits per heavy atom. The third-order valence-corrected chi connectivity index (χ3v) is 6.28. The van der Waals surface area contributed by atoms with Gasteiger partial charge in [-0.25, -0.2) is 0 Å². The highest BCUT2D eigenvalue weighted by Gasteiger charge is 2.54.